The summed E-state index contributed by atoms with van der Waals surface area (Å²) >= 11 is 0. The van der Waals surface area contributed by atoms with Gasteiger partial charge in [-0.25, -0.2) is 23.5 Å². The highest BCUT2D eigenvalue weighted by Gasteiger charge is 2.97. The van der Waals surface area contributed by atoms with E-state index in [-0.39, 0.29) is 28.9 Å². The van der Waals surface area contributed by atoms with Crippen LogP contribution in [0.4, 0.5) is 0 Å². The summed E-state index contributed by atoms with van der Waals surface area (Å²) in [6.45, 7) is 0.791. The van der Waals surface area contributed by atoms with Gasteiger partial charge in [0.25, 0.3) is 0 Å². The number of benzene rings is 1. The van der Waals surface area contributed by atoms with E-state index in [1.54, 1.807) is 7.11 Å². The van der Waals surface area contributed by atoms with Crippen LogP contribution in [0.3, 0.4) is 0 Å². The van der Waals surface area contributed by atoms with Crippen molar-refractivity contribution in [3.8, 4) is 5.69 Å². The summed E-state index contributed by atoms with van der Waals surface area (Å²) < 4.78 is 10.5. The third kappa shape index (κ3) is 0.922. The predicted octanol–water partition coefficient (Wildman–Crippen LogP) is 0.665. The zero-order chi connectivity index (χ0) is 16.0. The van der Waals surface area contributed by atoms with Gasteiger partial charge >= 0.3 is 11.4 Å². The summed E-state index contributed by atoms with van der Waals surface area (Å²) in [5.41, 5.74) is 0.609. The maximum absolute atomic E-state index is 13.1. The summed E-state index contributed by atoms with van der Waals surface area (Å²) in [7, 11) is 1.77. The second kappa shape index (κ2) is 3.33. The lowest BCUT2D eigenvalue weighted by Crippen LogP contribution is -2.45. The summed E-state index contributed by atoms with van der Waals surface area (Å²) in [4.78, 5) is 26.2. The number of nitrogens with zero attached hydrogens (tertiary/aromatic N) is 3. The lowest BCUT2D eigenvalue weighted by molar-refractivity contribution is 0.112. The second-order valence-electron chi connectivity index (χ2n) is 8.18. The van der Waals surface area contributed by atoms with Gasteiger partial charge in [-0.3, -0.25) is 0 Å². The van der Waals surface area contributed by atoms with Crippen LogP contribution >= 0.6 is 0 Å². The molecule has 2 aliphatic heterocycles. The minimum absolute atomic E-state index is 0.163. The molecule has 6 aliphatic rings. The van der Waals surface area contributed by atoms with Gasteiger partial charge in [0, 0.05) is 12.5 Å². The van der Waals surface area contributed by atoms with Crippen molar-refractivity contribution in [2.24, 2.45) is 35.0 Å². The molecule has 2 bridgehead atoms. The fourth-order valence-electron chi connectivity index (χ4n) is 7.44. The molecule has 6 heteroatoms. The Kier molecular flexibility index (Phi) is 1.71. The lowest BCUT2D eigenvalue weighted by Gasteiger charge is -2.36. The Morgan fingerprint density at radius 1 is 0.958 bits per heavy atom. The number of hydrogen-bond acceptors (Lipinski definition) is 3. The average Bonchev–Trinajstić information content (AvgIpc) is 3.41. The Balaban J connectivity index is 1.49. The number of aromatic nitrogens is 3. The van der Waals surface area contributed by atoms with Crippen LogP contribution in [0.1, 0.15) is 12.1 Å². The molecule has 2 unspecified atom stereocenters. The van der Waals surface area contributed by atoms with E-state index in [0.29, 0.717) is 35.3 Å². The maximum Gasteiger partial charge on any atom is 0.352 e. The van der Waals surface area contributed by atoms with Crippen molar-refractivity contribution >= 4 is 0 Å². The van der Waals surface area contributed by atoms with Crippen LogP contribution in [0.15, 0.2) is 39.9 Å². The highest BCUT2D eigenvalue weighted by molar-refractivity contribution is 5.44. The van der Waals surface area contributed by atoms with Gasteiger partial charge < -0.3 is 4.74 Å². The van der Waals surface area contributed by atoms with Gasteiger partial charge in [0.1, 0.15) is 0 Å². The molecule has 8 rings (SSSR count). The molecule has 6 nitrogen and oxygen atoms in total. The van der Waals surface area contributed by atoms with Gasteiger partial charge in [-0.15, -0.1) is 0 Å². The minimum atomic E-state index is -0.163. The van der Waals surface area contributed by atoms with E-state index in [0.717, 1.165) is 6.61 Å². The second-order valence-corrected chi connectivity index (χ2v) is 8.18. The predicted molar refractivity (Wildman–Crippen MR) is 84.1 cm³/mol. The lowest BCUT2D eigenvalue weighted by atomic mass is 9.89. The van der Waals surface area contributed by atoms with E-state index in [9.17, 15) is 9.59 Å². The van der Waals surface area contributed by atoms with Crippen LogP contribution in [-0.2, 0) is 4.74 Å². The number of ether oxygens (including phenoxy) is 1. The van der Waals surface area contributed by atoms with Gasteiger partial charge in [-0.05, 0) is 41.7 Å². The van der Waals surface area contributed by atoms with Crippen molar-refractivity contribution in [3.63, 3.8) is 0 Å². The van der Waals surface area contributed by atoms with Crippen LogP contribution < -0.4 is 11.4 Å². The Labute approximate surface area is 137 Å². The fraction of sp³-hybridized carbons (Fsp3) is 0.556. The van der Waals surface area contributed by atoms with E-state index < -0.39 is 0 Å². The van der Waals surface area contributed by atoms with E-state index in [2.05, 4.69) is 0 Å². The van der Waals surface area contributed by atoms with E-state index in [4.69, 9.17) is 4.74 Å². The molecule has 2 aromatic rings. The molecule has 122 valence electrons. The number of rotatable bonds is 3. The fourth-order valence-corrected chi connectivity index (χ4v) is 7.44. The molecule has 0 radical (unpaired) electrons. The zero-order valence-corrected chi connectivity index (χ0v) is 13.2. The van der Waals surface area contributed by atoms with Crippen LogP contribution in [-0.4, -0.2) is 27.6 Å². The number of para-hydroxylation sites is 1. The van der Waals surface area contributed by atoms with E-state index >= 15 is 0 Å². The normalized spacial score (nSPS) is 47.0. The monoisotopic (exact) mass is 323 g/mol. The summed E-state index contributed by atoms with van der Waals surface area (Å²) in [6.07, 6.45) is 0. The zero-order valence-electron chi connectivity index (χ0n) is 13.2. The average molecular weight is 323 g/mol. The molecule has 4 fully saturated rings. The molecule has 1 aromatic carbocycles. The van der Waals surface area contributed by atoms with E-state index in [1.165, 1.54) is 4.57 Å². The van der Waals surface area contributed by atoms with Crippen LogP contribution in [0.2, 0.25) is 0 Å². The summed E-state index contributed by atoms with van der Waals surface area (Å²) in [5, 5.41) is 0. The molecule has 1 aromatic heterocycles. The Bertz CT molecular complexity index is 977. The standard InChI is InChI=1S/C18H17N3O3/c1-24-7-18-11-9-10(11)15-13(18)12(18)14(9)20-16(22)19(17(23)21(15)20)8-5-3-2-4-6-8/h2-6,9-15H,7H2,1H3/t9-,10-,11?,12-,13+,14-,15-,18?/m0/s1. The molecule has 3 heterocycles. The Morgan fingerprint density at radius 2 is 1.54 bits per heavy atom. The quantitative estimate of drug-likeness (QED) is 0.834. The van der Waals surface area contributed by atoms with Crippen molar-refractivity contribution in [3.05, 3.63) is 51.3 Å². The molecule has 8 atom stereocenters. The van der Waals surface area contributed by atoms with Gasteiger partial charge in [0.2, 0.25) is 0 Å². The van der Waals surface area contributed by atoms with Crippen molar-refractivity contribution in [1.29, 1.82) is 0 Å². The minimum Gasteiger partial charge on any atom is -0.384 e. The van der Waals surface area contributed by atoms with Crippen LogP contribution in [0.25, 0.3) is 5.69 Å². The smallest absolute Gasteiger partial charge is 0.352 e. The van der Waals surface area contributed by atoms with Gasteiger partial charge in [0.15, 0.2) is 0 Å². The Hall–Kier alpha value is -2.08. The van der Waals surface area contributed by atoms with E-state index in [1.807, 2.05) is 39.7 Å². The van der Waals surface area contributed by atoms with Crippen LogP contribution in [0.5, 0.6) is 0 Å². The van der Waals surface area contributed by atoms with Gasteiger partial charge in [0.05, 0.1) is 24.4 Å². The Morgan fingerprint density at radius 3 is 2.08 bits per heavy atom. The molecular formula is C18H17N3O3. The molecule has 4 saturated carbocycles. The first kappa shape index (κ1) is 12.3. The first-order chi connectivity index (χ1) is 11.7. The maximum atomic E-state index is 13.1. The first-order valence-corrected chi connectivity index (χ1v) is 8.74. The summed E-state index contributed by atoms with van der Waals surface area (Å²) in [5.74, 6) is 2.98. The molecule has 0 spiro atoms. The largest absolute Gasteiger partial charge is 0.384 e. The molecule has 0 N–H and O–H groups in total. The number of hydrogen-bond donors (Lipinski definition) is 0. The van der Waals surface area contributed by atoms with Gasteiger partial charge in [-0.1, -0.05) is 18.2 Å². The molecule has 0 saturated heterocycles. The molecule has 24 heavy (non-hydrogen) atoms. The topological polar surface area (TPSA) is 58.2 Å². The number of methoxy groups -OCH3 is 1. The summed E-state index contributed by atoms with van der Waals surface area (Å²) in [6, 6.07) is 9.72. The molecule has 0 amide bonds. The van der Waals surface area contributed by atoms with Crippen molar-refractivity contribution in [2.75, 3.05) is 13.7 Å². The van der Waals surface area contributed by atoms with Gasteiger partial charge in [-0.2, -0.15) is 0 Å². The molecular weight excluding hydrogens is 306 g/mol. The highest BCUT2D eigenvalue weighted by atomic mass is 16.5. The third-order valence-electron chi connectivity index (χ3n) is 7.78. The van der Waals surface area contributed by atoms with Crippen molar-refractivity contribution < 1.29 is 4.74 Å². The highest BCUT2D eigenvalue weighted by Crippen LogP contribution is 2.97. The van der Waals surface area contributed by atoms with Crippen molar-refractivity contribution in [1.82, 2.24) is 13.9 Å². The van der Waals surface area contributed by atoms with Crippen LogP contribution in [0, 0.1) is 35.0 Å². The first-order valence-electron chi connectivity index (χ1n) is 8.74. The third-order valence-corrected chi connectivity index (χ3v) is 7.78. The SMILES string of the molecule is COCC12C3[C@@H]4[C@@H]3[C@H]3[C@H]1[C@H]2[C@H]4n1c(=O)n(-c2ccccc2)c(=O)n13. The molecule has 4 aliphatic carbocycles. The van der Waals surface area contributed by atoms with Crippen molar-refractivity contribution in [2.45, 2.75) is 12.1 Å².